The predicted octanol–water partition coefficient (Wildman–Crippen LogP) is 3.78. The van der Waals surface area contributed by atoms with Gasteiger partial charge < -0.3 is 5.32 Å². The van der Waals surface area contributed by atoms with Crippen molar-refractivity contribution >= 4 is 5.91 Å². The Morgan fingerprint density at radius 1 is 1.12 bits per heavy atom. The highest BCUT2D eigenvalue weighted by molar-refractivity contribution is 5.83. The standard InChI is InChI=1S/C15H29NO/c1-9-10-16-12(17)15(8,14(5,6)7)11-13(2,3)4/h9H,1,10-11H2,2-8H3,(H,16,17). The Bertz CT molecular complexity index is 280. The van der Waals surface area contributed by atoms with Gasteiger partial charge in [0.25, 0.3) is 0 Å². The van der Waals surface area contributed by atoms with Crippen LogP contribution in [0.3, 0.4) is 0 Å². The summed E-state index contributed by atoms with van der Waals surface area (Å²) in [5.41, 5.74) is -0.298. The topological polar surface area (TPSA) is 29.1 Å². The molecule has 1 N–H and O–H groups in total. The average Bonchev–Trinajstić information content (AvgIpc) is 2.09. The lowest BCUT2D eigenvalue weighted by Gasteiger charge is -2.44. The minimum atomic E-state index is -0.367. The molecular formula is C15H29NO. The number of carbonyl (C=O) groups is 1. The molecule has 0 aromatic carbocycles. The summed E-state index contributed by atoms with van der Waals surface area (Å²) in [5.74, 6) is 0.125. The van der Waals surface area contributed by atoms with Crippen molar-refractivity contribution in [3.05, 3.63) is 12.7 Å². The maximum absolute atomic E-state index is 12.4. The Morgan fingerprint density at radius 3 is 1.88 bits per heavy atom. The molecule has 0 aromatic rings. The molecule has 0 aromatic heterocycles. The second-order valence-electron chi connectivity index (χ2n) is 7.32. The van der Waals surface area contributed by atoms with Gasteiger partial charge in [-0.3, -0.25) is 4.79 Å². The van der Waals surface area contributed by atoms with Crippen LogP contribution < -0.4 is 5.32 Å². The third-order valence-electron chi connectivity index (χ3n) is 3.45. The zero-order chi connectivity index (χ0) is 13.9. The molecule has 1 atom stereocenters. The Labute approximate surface area is 107 Å². The first-order chi connectivity index (χ1) is 7.44. The lowest BCUT2D eigenvalue weighted by Crippen LogP contribution is -2.49. The minimum Gasteiger partial charge on any atom is -0.352 e. The van der Waals surface area contributed by atoms with Gasteiger partial charge in [0.2, 0.25) is 5.91 Å². The summed E-state index contributed by atoms with van der Waals surface area (Å²) in [4.78, 5) is 12.4. The van der Waals surface area contributed by atoms with Gasteiger partial charge >= 0.3 is 0 Å². The molecule has 0 saturated heterocycles. The maximum Gasteiger partial charge on any atom is 0.226 e. The summed E-state index contributed by atoms with van der Waals surface area (Å²) in [6, 6.07) is 0. The number of hydrogen-bond donors (Lipinski definition) is 1. The molecule has 0 fully saturated rings. The van der Waals surface area contributed by atoms with E-state index >= 15 is 0 Å². The largest absolute Gasteiger partial charge is 0.352 e. The lowest BCUT2D eigenvalue weighted by atomic mass is 9.61. The summed E-state index contributed by atoms with van der Waals surface area (Å²) >= 11 is 0. The maximum atomic E-state index is 12.4. The smallest absolute Gasteiger partial charge is 0.226 e. The van der Waals surface area contributed by atoms with Gasteiger partial charge in [-0.05, 0) is 17.3 Å². The Kier molecular flexibility index (Phi) is 5.00. The molecule has 100 valence electrons. The van der Waals surface area contributed by atoms with E-state index < -0.39 is 0 Å². The Morgan fingerprint density at radius 2 is 1.59 bits per heavy atom. The number of hydrogen-bond acceptors (Lipinski definition) is 1. The van der Waals surface area contributed by atoms with Crippen LogP contribution in [0, 0.1) is 16.2 Å². The first kappa shape index (κ1) is 16.2. The molecule has 0 aliphatic rings. The summed E-state index contributed by atoms with van der Waals surface area (Å²) in [5, 5.41) is 2.95. The molecule has 2 nitrogen and oxygen atoms in total. The van der Waals surface area contributed by atoms with Gasteiger partial charge in [-0.25, -0.2) is 0 Å². The van der Waals surface area contributed by atoms with E-state index in [4.69, 9.17) is 0 Å². The molecule has 0 heterocycles. The van der Waals surface area contributed by atoms with Gasteiger partial charge in [-0.15, -0.1) is 6.58 Å². The second kappa shape index (κ2) is 5.24. The molecule has 1 amide bonds. The third-order valence-corrected chi connectivity index (χ3v) is 3.45. The molecule has 17 heavy (non-hydrogen) atoms. The van der Waals surface area contributed by atoms with Crippen LogP contribution in [-0.2, 0) is 4.79 Å². The first-order valence-electron chi connectivity index (χ1n) is 6.33. The molecule has 0 rings (SSSR count). The van der Waals surface area contributed by atoms with Crippen LogP contribution in [0.5, 0.6) is 0 Å². The van der Waals surface area contributed by atoms with Crippen molar-refractivity contribution in [2.24, 2.45) is 16.2 Å². The molecule has 0 radical (unpaired) electrons. The predicted molar refractivity (Wildman–Crippen MR) is 74.8 cm³/mol. The number of amides is 1. The fourth-order valence-corrected chi connectivity index (χ4v) is 2.11. The molecule has 0 spiro atoms. The Hall–Kier alpha value is -0.790. The molecular weight excluding hydrogens is 210 g/mol. The molecule has 0 aliphatic heterocycles. The summed E-state index contributed by atoms with van der Waals surface area (Å²) in [6.45, 7) is 19.2. The summed E-state index contributed by atoms with van der Waals surface area (Å²) in [7, 11) is 0. The van der Waals surface area contributed by atoms with Crippen molar-refractivity contribution < 1.29 is 4.79 Å². The highest BCUT2D eigenvalue weighted by Gasteiger charge is 2.46. The minimum absolute atomic E-state index is 0.0640. The lowest BCUT2D eigenvalue weighted by molar-refractivity contribution is -0.138. The van der Waals surface area contributed by atoms with Crippen LogP contribution in [-0.4, -0.2) is 12.5 Å². The fourth-order valence-electron chi connectivity index (χ4n) is 2.11. The van der Waals surface area contributed by atoms with Crippen LogP contribution in [0.25, 0.3) is 0 Å². The first-order valence-corrected chi connectivity index (χ1v) is 6.33. The van der Waals surface area contributed by atoms with E-state index in [9.17, 15) is 4.79 Å². The van der Waals surface area contributed by atoms with E-state index in [1.54, 1.807) is 6.08 Å². The quantitative estimate of drug-likeness (QED) is 0.743. The average molecular weight is 239 g/mol. The van der Waals surface area contributed by atoms with Crippen LogP contribution in [0.4, 0.5) is 0 Å². The van der Waals surface area contributed by atoms with Gasteiger partial charge in [0.1, 0.15) is 0 Å². The van der Waals surface area contributed by atoms with Crippen molar-refractivity contribution in [1.29, 1.82) is 0 Å². The van der Waals surface area contributed by atoms with Crippen LogP contribution in [0.15, 0.2) is 12.7 Å². The molecule has 2 heteroatoms. The van der Waals surface area contributed by atoms with E-state index in [-0.39, 0.29) is 22.2 Å². The molecule has 0 bridgehead atoms. The molecule has 1 unspecified atom stereocenters. The third kappa shape index (κ3) is 4.53. The van der Waals surface area contributed by atoms with Crippen molar-refractivity contribution in [3.63, 3.8) is 0 Å². The number of nitrogens with one attached hydrogen (secondary N) is 1. The van der Waals surface area contributed by atoms with Gasteiger partial charge in [0.05, 0.1) is 5.41 Å². The van der Waals surface area contributed by atoms with Crippen LogP contribution in [0.1, 0.15) is 54.9 Å². The van der Waals surface area contributed by atoms with Crippen molar-refractivity contribution in [2.45, 2.75) is 54.9 Å². The van der Waals surface area contributed by atoms with Gasteiger partial charge in [0.15, 0.2) is 0 Å². The zero-order valence-corrected chi connectivity index (χ0v) is 12.6. The number of carbonyl (C=O) groups excluding carboxylic acids is 1. The van der Waals surface area contributed by atoms with Crippen LogP contribution in [0.2, 0.25) is 0 Å². The van der Waals surface area contributed by atoms with Crippen molar-refractivity contribution in [2.75, 3.05) is 6.54 Å². The van der Waals surface area contributed by atoms with Gasteiger partial charge in [-0.1, -0.05) is 54.5 Å². The second-order valence-corrected chi connectivity index (χ2v) is 7.32. The Balaban J connectivity index is 5.12. The van der Waals surface area contributed by atoms with Crippen LogP contribution >= 0.6 is 0 Å². The van der Waals surface area contributed by atoms with E-state index in [0.717, 1.165) is 6.42 Å². The normalized spacial score (nSPS) is 16.2. The van der Waals surface area contributed by atoms with Crippen molar-refractivity contribution in [3.8, 4) is 0 Å². The van der Waals surface area contributed by atoms with E-state index in [0.29, 0.717) is 6.54 Å². The highest BCUT2D eigenvalue weighted by atomic mass is 16.2. The van der Waals surface area contributed by atoms with Crippen molar-refractivity contribution in [1.82, 2.24) is 5.32 Å². The summed E-state index contributed by atoms with van der Waals surface area (Å²) < 4.78 is 0. The summed E-state index contributed by atoms with van der Waals surface area (Å²) in [6.07, 6.45) is 2.59. The number of rotatable bonds is 4. The van der Waals surface area contributed by atoms with E-state index in [1.165, 1.54) is 0 Å². The molecule has 0 aliphatic carbocycles. The fraction of sp³-hybridized carbons (Fsp3) is 0.800. The van der Waals surface area contributed by atoms with E-state index in [1.807, 2.05) is 0 Å². The van der Waals surface area contributed by atoms with Gasteiger partial charge in [-0.2, -0.15) is 0 Å². The molecule has 0 saturated carbocycles. The SMILES string of the molecule is C=CCNC(=O)C(C)(CC(C)(C)C)C(C)(C)C. The zero-order valence-electron chi connectivity index (χ0n) is 12.6. The van der Waals surface area contributed by atoms with E-state index in [2.05, 4.69) is 60.4 Å². The monoisotopic (exact) mass is 239 g/mol. The van der Waals surface area contributed by atoms with Gasteiger partial charge in [0, 0.05) is 6.54 Å². The highest BCUT2D eigenvalue weighted by Crippen LogP contribution is 2.46.